The Hall–Kier alpha value is -1.66. The van der Waals surface area contributed by atoms with Crippen molar-refractivity contribution in [2.45, 2.75) is 13.8 Å². The first-order valence-electron chi connectivity index (χ1n) is 5.78. The number of hydrogen-bond donors (Lipinski definition) is 1. The van der Waals surface area contributed by atoms with Crippen molar-refractivity contribution in [3.8, 4) is 0 Å². The van der Waals surface area contributed by atoms with Gasteiger partial charge in [0.1, 0.15) is 5.00 Å². The van der Waals surface area contributed by atoms with E-state index < -0.39 is 5.97 Å². The van der Waals surface area contributed by atoms with Crippen LogP contribution in [0.25, 0.3) is 0 Å². The van der Waals surface area contributed by atoms with Crippen molar-refractivity contribution in [2.24, 2.45) is 0 Å². The summed E-state index contributed by atoms with van der Waals surface area (Å²) in [5.74, 6) is -1.63. The molecule has 0 saturated carbocycles. The molecule has 0 spiro atoms. The third kappa shape index (κ3) is 2.91. The van der Waals surface area contributed by atoms with Crippen LogP contribution >= 0.6 is 27.3 Å². The van der Waals surface area contributed by atoms with E-state index >= 15 is 0 Å². The lowest BCUT2D eigenvalue weighted by Crippen LogP contribution is -2.24. The summed E-state index contributed by atoms with van der Waals surface area (Å²) in [6.45, 7) is 3.51. The highest BCUT2D eigenvalue weighted by atomic mass is 79.9. The van der Waals surface area contributed by atoms with Crippen molar-refractivity contribution in [1.29, 1.82) is 0 Å². The van der Waals surface area contributed by atoms with Crippen molar-refractivity contribution in [3.63, 3.8) is 0 Å². The van der Waals surface area contributed by atoms with Crippen LogP contribution in [0, 0.1) is 13.8 Å². The molecule has 1 heterocycles. The molecule has 1 aromatic heterocycles. The highest BCUT2D eigenvalue weighted by molar-refractivity contribution is 9.10. The number of hydrogen-bond acceptors (Lipinski definition) is 4. The molecule has 1 aromatic carbocycles. The van der Waals surface area contributed by atoms with E-state index in [0.29, 0.717) is 16.1 Å². The van der Waals surface area contributed by atoms with Gasteiger partial charge in [0.15, 0.2) is 0 Å². The SMILES string of the molecule is Cc1sc(NC(=O)c2ccc(Br)cc2)c(C(=O)[O-])c1C. The number of benzene rings is 1. The Morgan fingerprint density at radius 1 is 1.20 bits per heavy atom. The minimum Gasteiger partial charge on any atom is -0.545 e. The highest BCUT2D eigenvalue weighted by Gasteiger charge is 2.16. The Bertz CT molecular complexity index is 676. The molecule has 0 radical (unpaired) electrons. The second-order valence-corrected chi connectivity index (χ2v) is 6.38. The fraction of sp³-hybridized carbons (Fsp3) is 0.143. The zero-order valence-electron chi connectivity index (χ0n) is 10.8. The van der Waals surface area contributed by atoms with Gasteiger partial charge in [-0.05, 0) is 43.7 Å². The van der Waals surface area contributed by atoms with Crippen LogP contribution in [0.5, 0.6) is 0 Å². The van der Waals surface area contributed by atoms with Crippen LogP contribution in [-0.4, -0.2) is 11.9 Å². The summed E-state index contributed by atoms with van der Waals surface area (Å²) in [5.41, 5.74) is 1.14. The molecule has 4 nitrogen and oxygen atoms in total. The largest absolute Gasteiger partial charge is 0.545 e. The van der Waals surface area contributed by atoms with Crippen LogP contribution in [0.2, 0.25) is 0 Å². The standard InChI is InChI=1S/C14H12BrNO3S/c1-7-8(2)20-13(11(7)14(18)19)16-12(17)9-3-5-10(15)6-4-9/h3-6H,1-2H3,(H,16,17)(H,18,19)/p-1. The number of carboxylic acids is 1. The van der Waals surface area contributed by atoms with Gasteiger partial charge < -0.3 is 15.2 Å². The first-order chi connectivity index (χ1) is 9.40. The molecule has 0 unspecified atom stereocenters. The zero-order valence-corrected chi connectivity index (χ0v) is 13.2. The number of aryl methyl sites for hydroxylation is 1. The molecule has 0 aliphatic heterocycles. The molecular weight excluding hydrogens is 342 g/mol. The van der Waals surface area contributed by atoms with E-state index in [1.807, 2.05) is 6.92 Å². The van der Waals surface area contributed by atoms with Gasteiger partial charge in [0.25, 0.3) is 5.91 Å². The molecule has 6 heteroatoms. The van der Waals surface area contributed by atoms with Crippen molar-refractivity contribution < 1.29 is 14.7 Å². The Balaban J connectivity index is 2.30. The van der Waals surface area contributed by atoms with Crippen LogP contribution < -0.4 is 10.4 Å². The van der Waals surface area contributed by atoms with E-state index in [0.717, 1.165) is 9.35 Å². The summed E-state index contributed by atoms with van der Waals surface area (Å²) in [5, 5.41) is 14.1. The van der Waals surface area contributed by atoms with Gasteiger partial charge in [-0.3, -0.25) is 4.79 Å². The molecule has 0 aliphatic rings. The lowest BCUT2D eigenvalue weighted by Gasteiger charge is -2.08. The third-order valence-corrected chi connectivity index (χ3v) is 4.57. The first kappa shape index (κ1) is 14.7. The zero-order chi connectivity index (χ0) is 14.9. The monoisotopic (exact) mass is 352 g/mol. The molecule has 2 rings (SSSR count). The number of carbonyl (C=O) groups excluding carboxylic acids is 2. The lowest BCUT2D eigenvalue weighted by atomic mass is 10.1. The summed E-state index contributed by atoms with van der Waals surface area (Å²) >= 11 is 4.52. The van der Waals surface area contributed by atoms with Crippen molar-refractivity contribution >= 4 is 44.1 Å². The lowest BCUT2D eigenvalue weighted by molar-refractivity contribution is -0.254. The average Bonchev–Trinajstić information content (AvgIpc) is 2.65. The van der Waals surface area contributed by atoms with Crippen molar-refractivity contribution in [2.75, 3.05) is 5.32 Å². The first-order valence-corrected chi connectivity index (χ1v) is 7.39. The van der Waals surface area contributed by atoms with E-state index in [9.17, 15) is 14.7 Å². The molecule has 20 heavy (non-hydrogen) atoms. The van der Waals surface area contributed by atoms with Crippen LogP contribution in [0.4, 0.5) is 5.00 Å². The van der Waals surface area contributed by atoms with Gasteiger partial charge in [0, 0.05) is 20.5 Å². The molecule has 2 aromatic rings. The predicted octanol–water partition coefficient (Wildman–Crippen LogP) is 2.74. The van der Waals surface area contributed by atoms with Gasteiger partial charge in [-0.25, -0.2) is 0 Å². The van der Waals surface area contributed by atoms with E-state index in [4.69, 9.17) is 0 Å². The van der Waals surface area contributed by atoms with Crippen molar-refractivity contribution in [1.82, 2.24) is 0 Å². The summed E-state index contributed by atoms with van der Waals surface area (Å²) < 4.78 is 0.868. The number of nitrogens with one attached hydrogen (secondary N) is 1. The van der Waals surface area contributed by atoms with Gasteiger partial charge in [0.2, 0.25) is 0 Å². The van der Waals surface area contributed by atoms with Crippen LogP contribution in [0.1, 0.15) is 31.2 Å². The maximum atomic E-state index is 12.1. The molecule has 0 fully saturated rings. The Labute approximate surface area is 128 Å². The normalized spacial score (nSPS) is 10.3. The molecule has 1 amide bonds. The molecular formula is C14H11BrNO3S-. The minimum absolute atomic E-state index is 0.0537. The molecule has 104 valence electrons. The Morgan fingerprint density at radius 3 is 2.35 bits per heavy atom. The van der Waals surface area contributed by atoms with Crippen LogP contribution in [0.15, 0.2) is 28.7 Å². The van der Waals surface area contributed by atoms with E-state index in [1.54, 1.807) is 31.2 Å². The average molecular weight is 353 g/mol. The van der Waals surface area contributed by atoms with Gasteiger partial charge in [-0.1, -0.05) is 15.9 Å². The smallest absolute Gasteiger partial charge is 0.256 e. The fourth-order valence-corrected chi connectivity index (χ4v) is 3.05. The number of carboxylic acid groups (broad SMARTS) is 1. The summed E-state index contributed by atoms with van der Waals surface area (Å²) in [7, 11) is 0. The molecule has 0 atom stereocenters. The Morgan fingerprint density at radius 2 is 1.80 bits per heavy atom. The van der Waals surface area contributed by atoms with E-state index in [-0.39, 0.29) is 11.5 Å². The Kier molecular flexibility index (Phi) is 4.25. The van der Waals surface area contributed by atoms with Gasteiger partial charge in [0.05, 0.1) is 5.97 Å². The predicted molar refractivity (Wildman–Crippen MR) is 80.2 cm³/mol. The van der Waals surface area contributed by atoms with Crippen LogP contribution in [0.3, 0.4) is 0 Å². The van der Waals surface area contributed by atoms with Crippen molar-refractivity contribution in [3.05, 3.63) is 50.3 Å². The number of thiophene rings is 1. The number of aromatic carboxylic acids is 1. The maximum absolute atomic E-state index is 12.1. The van der Waals surface area contributed by atoms with E-state index in [1.165, 1.54) is 11.3 Å². The number of rotatable bonds is 3. The summed E-state index contributed by atoms with van der Waals surface area (Å²) in [6.07, 6.45) is 0. The molecule has 1 N–H and O–H groups in total. The molecule has 0 aliphatic carbocycles. The fourth-order valence-electron chi connectivity index (χ4n) is 1.74. The second-order valence-electron chi connectivity index (χ2n) is 4.24. The quantitative estimate of drug-likeness (QED) is 0.923. The van der Waals surface area contributed by atoms with E-state index in [2.05, 4.69) is 21.2 Å². The molecule has 0 bridgehead atoms. The van der Waals surface area contributed by atoms with Gasteiger partial charge in [-0.2, -0.15) is 0 Å². The van der Waals surface area contributed by atoms with Crippen LogP contribution in [-0.2, 0) is 0 Å². The van der Waals surface area contributed by atoms with Gasteiger partial charge >= 0.3 is 0 Å². The summed E-state index contributed by atoms with van der Waals surface area (Å²) in [4.78, 5) is 24.1. The number of amides is 1. The minimum atomic E-state index is -1.28. The molecule has 0 saturated heterocycles. The third-order valence-electron chi connectivity index (χ3n) is 2.92. The maximum Gasteiger partial charge on any atom is 0.256 e. The number of anilines is 1. The second kappa shape index (κ2) is 5.76. The topological polar surface area (TPSA) is 69.2 Å². The number of halogens is 1. The van der Waals surface area contributed by atoms with Gasteiger partial charge in [-0.15, -0.1) is 11.3 Å². The highest BCUT2D eigenvalue weighted by Crippen LogP contribution is 2.32. The number of carbonyl (C=O) groups is 2. The summed E-state index contributed by atoms with van der Waals surface area (Å²) in [6, 6.07) is 6.82.